The molecule has 1 unspecified atom stereocenters. The van der Waals surface area contributed by atoms with Crippen LogP contribution in [0.5, 0.6) is 0 Å². The SMILES string of the molecule is Cc1csc(-c2c(N)nsc2NCC2CCSC2)n1. The van der Waals surface area contributed by atoms with Gasteiger partial charge < -0.3 is 11.1 Å². The number of thiazole rings is 1. The van der Waals surface area contributed by atoms with Gasteiger partial charge in [-0.25, -0.2) is 4.98 Å². The van der Waals surface area contributed by atoms with Gasteiger partial charge in [0.25, 0.3) is 0 Å². The fraction of sp³-hybridized carbons (Fsp3) is 0.500. The van der Waals surface area contributed by atoms with Gasteiger partial charge in [0.1, 0.15) is 15.8 Å². The molecule has 0 aromatic carbocycles. The van der Waals surface area contributed by atoms with Crippen molar-refractivity contribution in [1.29, 1.82) is 0 Å². The molecule has 3 rings (SSSR count). The minimum Gasteiger partial charge on any atom is -0.382 e. The maximum atomic E-state index is 5.99. The normalized spacial score (nSPS) is 18.9. The van der Waals surface area contributed by atoms with Crippen LogP contribution < -0.4 is 11.1 Å². The Morgan fingerprint density at radius 2 is 2.42 bits per heavy atom. The van der Waals surface area contributed by atoms with E-state index in [0.29, 0.717) is 5.82 Å². The van der Waals surface area contributed by atoms with Crippen LogP contribution in [0.2, 0.25) is 0 Å². The van der Waals surface area contributed by atoms with E-state index in [1.165, 1.54) is 29.5 Å². The molecule has 1 aliphatic heterocycles. The second-order valence-corrected chi connectivity index (χ2v) is 7.46. The predicted molar refractivity (Wildman–Crippen MR) is 86.3 cm³/mol. The molecule has 0 bridgehead atoms. The fourth-order valence-corrected chi connectivity index (χ4v) is 5.01. The lowest BCUT2D eigenvalue weighted by Crippen LogP contribution is -2.13. The minimum absolute atomic E-state index is 0.586. The van der Waals surface area contributed by atoms with E-state index < -0.39 is 0 Å². The molecular weight excluding hydrogens is 296 g/mol. The molecule has 19 heavy (non-hydrogen) atoms. The molecule has 2 aromatic rings. The number of nitrogens with zero attached hydrogens (tertiary/aromatic N) is 2. The Bertz CT molecular complexity index is 557. The predicted octanol–water partition coefficient (Wildman–Crippen LogP) is 3.32. The number of aryl methyl sites for hydroxylation is 1. The summed E-state index contributed by atoms with van der Waals surface area (Å²) >= 11 is 5.10. The quantitative estimate of drug-likeness (QED) is 0.906. The van der Waals surface area contributed by atoms with Crippen LogP contribution in [0.1, 0.15) is 12.1 Å². The average molecular weight is 312 g/mol. The van der Waals surface area contributed by atoms with E-state index in [9.17, 15) is 0 Å². The summed E-state index contributed by atoms with van der Waals surface area (Å²) in [7, 11) is 0. The summed E-state index contributed by atoms with van der Waals surface area (Å²) < 4.78 is 4.27. The smallest absolute Gasteiger partial charge is 0.149 e. The van der Waals surface area contributed by atoms with Crippen LogP contribution in [-0.4, -0.2) is 27.4 Å². The number of nitrogens with one attached hydrogen (secondary N) is 1. The summed E-state index contributed by atoms with van der Waals surface area (Å²) in [4.78, 5) is 4.52. The Kier molecular flexibility index (Phi) is 3.95. The number of hydrogen-bond acceptors (Lipinski definition) is 7. The van der Waals surface area contributed by atoms with Gasteiger partial charge in [-0.1, -0.05) is 0 Å². The molecule has 1 atom stereocenters. The standard InChI is InChI=1S/C12H16N4S3/c1-7-5-18-12(15-7)9-10(13)16-19-11(9)14-4-8-2-3-17-6-8/h5,8,14H,2-4,6H2,1H3,(H2,13,16). The molecule has 0 saturated carbocycles. The summed E-state index contributed by atoms with van der Waals surface area (Å²) in [5.41, 5.74) is 8.00. The summed E-state index contributed by atoms with van der Waals surface area (Å²) in [6.45, 7) is 3.00. The third kappa shape index (κ3) is 2.88. The van der Waals surface area contributed by atoms with Crippen LogP contribution in [0.3, 0.4) is 0 Å². The van der Waals surface area contributed by atoms with Gasteiger partial charge in [-0.15, -0.1) is 11.3 Å². The average Bonchev–Trinajstić information content (AvgIpc) is 3.08. The van der Waals surface area contributed by atoms with Crippen LogP contribution in [0.15, 0.2) is 5.38 Å². The number of rotatable bonds is 4. The molecule has 3 heterocycles. The summed E-state index contributed by atoms with van der Waals surface area (Å²) in [5, 5.41) is 7.58. The van der Waals surface area contributed by atoms with Gasteiger partial charge in [0.15, 0.2) is 0 Å². The zero-order chi connectivity index (χ0) is 13.2. The lowest BCUT2D eigenvalue weighted by Gasteiger charge is -2.10. The molecule has 0 aliphatic carbocycles. The van der Waals surface area contributed by atoms with E-state index >= 15 is 0 Å². The Hall–Kier alpha value is -0.790. The van der Waals surface area contributed by atoms with E-state index in [1.807, 2.05) is 24.1 Å². The Labute approximate surface area is 125 Å². The van der Waals surface area contributed by atoms with Gasteiger partial charge >= 0.3 is 0 Å². The Morgan fingerprint density at radius 3 is 3.11 bits per heavy atom. The molecule has 4 nitrogen and oxygen atoms in total. The lowest BCUT2D eigenvalue weighted by molar-refractivity contribution is 0.633. The molecular formula is C12H16N4S3. The first-order chi connectivity index (χ1) is 9.24. The first kappa shape index (κ1) is 13.2. The molecule has 3 N–H and O–H groups in total. The van der Waals surface area contributed by atoms with Crippen molar-refractivity contribution in [3.8, 4) is 10.6 Å². The number of nitrogens with two attached hydrogens (primary N) is 1. The van der Waals surface area contributed by atoms with E-state index in [2.05, 4.69) is 14.7 Å². The monoisotopic (exact) mass is 312 g/mol. The fourth-order valence-electron chi connectivity index (χ4n) is 2.08. The van der Waals surface area contributed by atoms with Gasteiger partial charge in [-0.2, -0.15) is 16.1 Å². The number of anilines is 2. The van der Waals surface area contributed by atoms with Crippen molar-refractivity contribution < 1.29 is 0 Å². The highest BCUT2D eigenvalue weighted by Crippen LogP contribution is 2.38. The number of thioether (sulfide) groups is 1. The van der Waals surface area contributed by atoms with Crippen molar-refractivity contribution in [2.24, 2.45) is 5.92 Å². The van der Waals surface area contributed by atoms with Crippen molar-refractivity contribution in [3.05, 3.63) is 11.1 Å². The topological polar surface area (TPSA) is 63.8 Å². The second-order valence-electron chi connectivity index (χ2n) is 4.68. The molecule has 1 saturated heterocycles. The molecule has 1 fully saturated rings. The zero-order valence-corrected chi connectivity index (χ0v) is 13.1. The number of hydrogen-bond donors (Lipinski definition) is 2. The zero-order valence-electron chi connectivity index (χ0n) is 10.7. The largest absolute Gasteiger partial charge is 0.382 e. The molecule has 0 radical (unpaired) electrons. The highest BCUT2D eigenvalue weighted by molar-refractivity contribution is 7.99. The van der Waals surface area contributed by atoms with Crippen LogP contribution in [-0.2, 0) is 0 Å². The third-order valence-electron chi connectivity index (χ3n) is 3.13. The van der Waals surface area contributed by atoms with Crippen molar-refractivity contribution in [3.63, 3.8) is 0 Å². The van der Waals surface area contributed by atoms with Crippen molar-refractivity contribution in [2.75, 3.05) is 29.1 Å². The highest BCUT2D eigenvalue weighted by Gasteiger charge is 2.19. The van der Waals surface area contributed by atoms with Crippen molar-refractivity contribution >= 4 is 45.5 Å². The van der Waals surface area contributed by atoms with E-state index in [4.69, 9.17) is 5.73 Å². The Morgan fingerprint density at radius 1 is 1.53 bits per heavy atom. The molecule has 0 spiro atoms. The first-order valence-corrected chi connectivity index (χ1v) is 9.04. The van der Waals surface area contributed by atoms with Crippen LogP contribution >= 0.6 is 34.6 Å². The molecule has 1 aliphatic rings. The number of aromatic nitrogens is 2. The van der Waals surface area contributed by atoms with Crippen molar-refractivity contribution in [1.82, 2.24) is 9.36 Å². The first-order valence-electron chi connectivity index (χ1n) is 6.23. The van der Waals surface area contributed by atoms with Crippen molar-refractivity contribution in [2.45, 2.75) is 13.3 Å². The van der Waals surface area contributed by atoms with E-state index in [0.717, 1.165) is 33.7 Å². The third-order valence-corrected chi connectivity index (χ3v) is 6.15. The molecule has 102 valence electrons. The highest BCUT2D eigenvalue weighted by atomic mass is 32.2. The van der Waals surface area contributed by atoms with Crippen LogP contribution in [0.25, 0.3) is 10.6 Å². The van der Waals surface area contributed by atoms with Gasteiger partial charge in [-0.05, 0) is 42.3 Å². The molecule has 7 heteroatoms. The minimum atomic E-state index is 0.586. The van der Waals surface area contributed by atoms with Gasteiger partial charge in [0.05, 0.1) is 5.56 Å². The summed E-state index contributed by atoms with van der Waals surface area (Å²) in [6.07, 6.45) is 1.30. The van der Waals surface area contributed by atoms with E-state index in [1.54, 1.807) is 11.3 Å². The number of nitrogen functional groups attached to an aromatic ring is 1. The van der Waals surface area contributed by atoms with Gasteiger partial charge in [0.2, 0.25) is 0 Å². The maximum Gasteiger partial charge on any atom is 0.149 e. The summed E-state index contributed by atoms with van der Waals surface area (Å²) in [5.74, 6) is 3.89. The molecule has 2 aromatic heterocycles. The van der Waals surface area contributed by atoms with Crippen LogP contribution in [0.4, 0.5) is 10.8 Å². The molecule has 0 amide bonds. The maximum absolute atomic E-state index is 5.99. The summed E-state index contributed by atoms with van der Waals surface area (Å²) in [6, 6.07) is 0. The van der Waals surface area contributed by atoms with Crippen LogP contribution in [0, 0.1) is 12.8 Å². The Balaban J connectivity index is 1.78. The van der Waals surface area contributed by atoms with Gasteiger partial charge in [-0.3, -0.25) is 0 Å². The second kappa shape index (κ2) is 5.68. The van der Waals surface area contributed by atoms with Gasteiger partial charge in [0, 0.05) is 17.6 Å². The van der Waals surface area contributed by atoms with E-state index in [-0.39, 0.29) is 0 Å². The lowest BCUT2D eigenvalue weighted by atomic mass is 10.1.